The van der Waals surface area contributed by atoms with Crippen molar-refractivity contribution in [2.75, 3.05) is 33.2 Å². The van der Waals surface area contributed by atoms with Crippen LogP contribution in [0.25, 0.3) is 0 Å². The first kappa shape index (κ1) is 13.5. The number of likely N-dealkylation sites (N-methyl/N-ethyl adjacent to an activating group) is 1. The summed E-state index contributed by atoms with van der Waals surface area (Å²) in [5.74, 6) is 0. The van der Waals surface area contributed by atoms with Gasteiger partial charge in [0.25, 0.3) is 0 Å². The van der Waals surface area contributed by atoms with Gasteiger partial charge in [-0.1, -0.05) is 6.07 Å². The van der Waals surface area contributed by atoms with Crippen molar-refractivity contribution in [2.24, 2.45) is 0 Å². The van der Waals surface area contributed by atoms with E-state index in [1.165, 1.54) is 18.5 Å². The van der Waals surface area contributed by atoms with E-state index in [1.54, 1.807) is 0 Å². The molecule has 1 aromatic carbocycles. The fourth-order valence-electron chi connectivity index (χ4n) is 2.27. The maximum Gasteiger partial charge on any atom is 0.100 e. The van der Waals surface area contributed by atoms with Crippen LogP contribution in [0.1, 0.15) is 17.5 Å². The highest BCUT2D eigenvalue weighted by molar-refractivity contribution is 9.10. The number of hydrogen-bond donors (Lipinski definition) is 0. The molecule has 1 heterocycles. The monoisotopic (exact) mass is 307 g/mol. The van der Waals surface area contributed by atoms with Crippen molar-refractivity contribution in [2.45, 2.75) is 13.0 Å². The van der Waals surface area contributed by atoms with Gasteiger partial charge in [0.15, 0.2) is 0 Å². The van der Waals surface area contributed by atoms with Crippen LogP contribution in [-0.4, -0.2) is 43.0 Å². The van der Waals surface area contributed by atoms with E-state index in [4.69, 9.17) is 5.26 Å². The van der Waals surface area contributed by atoms with E-state index in [1.807, 2.05) is 12.1 Å². The number of nitriles is 1. The van der Waals surface area contributed by atoms with Crippen LogP contribution in [0.4, 0.5) is 0 Å². The van der Waals surface area contributed by atoms with Gasteiger partial charge in [-0.25, -0.2) is 0 Å². The minimum absolute atomic E-state index is 0.722. The van der Waals surface area contributed by atoms with E-state index in [2.05, 4.69) is 44.9 Å². The van der Waals surface area contributed by atoms with E-state index in [0.29, 0.717) is 0 Å². The summed E-state index contributed by atoms with van der Waals surface area (Å²) in [7, 11) is 2.18. The minimum Gasteiger partial charge on any atom is -0.305 e. The molecule has 0 bridgehead atoms. The molecule has 3 nitrogen and oxygen atoms in total. The average Bonchev–Trinajstić information content (AvgIpc) is 2.57. The average molecular weight is 308 g/mol. The third-order valence-corrected chi connectivity index (χ3v) is 4.06. The zero-order chi connectivity index (χ0) is 13.0. The standard InChI is InChI=1S/C14H18BrN3/c1-17-5-2-6-18(8-7-17)11-12-3-4-14(15)13(9-12)10-16/h3-4,9H,2,5-8,11H2,1H3. The second-order valence-electron chi connectivity index (χ2n) is 4.86. The summed E-state index contributed by atoms with van der Waals surface area (Å²) in [6.45, 7) is 5.49. The van der Waals surface area contributed by atoms with Gasteiger partial charge in [0, 0.05) is 24.1 Å². The quantitative estimate of drug-likeness (QED) is 0.841. The summed E-state index contributed by atoms with van der Waals surface area (Å²) in [6, 6.07) is 8.27. The number of nitrogens with zero attached hydrogens (tertiary/aromatic N) is 3. The Kier molecular flexibility index (Phi) is 4.76. The molecule has 0 radical (unpaired) electrons. The maximum atomic E-state index is 9.03. The summed E-state index contributed by atoms with van der Waals surface area (Å²) in [5.41, 5.74) is 1.94. The van der Waals surface area contributed by atoms with Gasteiger partial charge in [-0.05, 0) is 60.2 Å². The van der Waals surface area contributed by atoms with Crippen molar-refractivity contribution >= 4 is 15.9 Å². The molecule has 4 heteroatoms. The van der Waals surface area contributed by atoms with E-state index in [9.17, 15) is 0 Å². The first-order valence-electron chi connectivity index (χ1n) is 6.28. The molecular weight excluding hydrogens is 290 g/mol. The lowest BCUT2D eigenvalue weighted by Gasteiger charge is -2.20. The molecule has 1 aromatic rings. The molecule has 0 saturated carbocycles. The van der Waals surface area contributed by atoms with Gasteiger partial charge < -0.3 is 4.90 Å². The second-order valence-corrected chi connectivity index (χ2v) is 5.71. The van der Waals surface area contributed by atoms with Gasteiger partial charge in [0.05, 0.1) is 5.56 Å². The normalized spacial score (nSPS) is 18.3. The Morgan fingerprint density at radius 3 is 2.89 bits per heavy atom. The highest BCUT2D eigenvalue weighted by Gasteiger charge is 2.12. The molecule has 0 aromatic heterocycles. The van der Waals surface area contributed by atoms with Crippen molar-refractivity contribution in [1.82, 2.24) is 9.80 Å². The highest BCUT2D eigenvalue weighted by Crippen LogP contribution is 2.18. The van der Waals surface area contributed by atoms with E-state index in [0.717, 1.165) is 36.2 Å². The molecule has 1 saturated heterocycles. The predicted molar refractivity (Wildman–Crippen MR) is 76.2 cm³/mol. The number of hydrogen-bond acceptors (Lipinski definition) is 3. The summed E-state index contributed by atoms with van der Waals surface area (Å²) >= 11 is 3.39. The van der Waals surface area contributed by atoms with Gasteiger partial charge >= 0.3 is 0 Å². The number of benzene rings is 1. The molecule has 0 N–H and O–H groups in total. The van der Waals surface area contributed by atoms with E-state index in [-0.39, 0.29) is 0 Å². The van der Waals surface area contributed by atoms with Crippen LogP contribution in [0.15, 0.2) is 22.7 Å². The highest BCUT2D eigenvalue weighted by atomic mass is 79.9. The Balaban J connectivity index is 2.03. The Morgan fingerprint density at radius 2 is 2.11 bits per heavy atom. The Bertz CT molecular complexity index is 453. The Morgan fingerprint density at radius 1 is 1.28 bits per heavy atom. The molecule has 0 atom stereocenters. The predicted octanol–water partition coefficient (Wildman–Crippen LogP) is 2.46. The van der Waals surface area contributed by atoms with Crippen LogP contribution < -0.4 is 0 Å². The molecule has 18 heavy (non-hydrogen) atoms. The lowest BCUT2D eigenvalue weighted by Crippen LogP contribution is -2.28. The first-order valence-corrected chi connectivity index (χ1v) is 7.08. The van der Waals surface area contributed by atoms with Gasteiger partial charge in [-0.15, -0.1) is 0 Å². The van der Waals surface area contributed by atoms with Crippen LogP contribution in [0.5, 0.6) is 0 Å². The lowest BCUT2D eigenvalue weighted by molar-refractivity contribution is 0.269. The Hall–Kier alpha value is -0.890. The van der Waals surface area contributed by atoms with Crippen LogP contribution in [-0.2, 0) is 6.54 Å². The molecule has 0 spiro atoms. The SMILES string of the molecule is CN1CCCN(Cc2ccc(Br)c(C#N)c2)CC1. The van der Waals surface area contributed by atoms with Crippen molar-refractivity contribution in [3.8, 4) is 6.07 Å². The maximum absolute atomic E-state index is 9.03. The number of halogens is 1. The third kappa shape index (κ3) is 3.55. The zero-order valence-corrected chi connectivity index (χ0v) is 12.3. The number of rotatable bonds is 2. The van der Waals surface area contributed by atoms with Gasteiger partial charge in [0.2, 0.25) is 0 Å². The fourth-order valence-corrected chi connectivity index (χ4v) is 2.61. The molecule has 1 fully saturated rings. The lowest BCUT2D eigenvalue weighted by atomic mass is 10.1. The summed E-state index contributed by atoms with van der Waals surface area (Å²) in [6.07, 6.45) is 1.22. The van der Waals surface area contributed by atoms with Crippen LogP contribution in [0.3, 0.4) is 0 Å². The van der Waals surface area contributed by atoms with E-state index < -0.39 is 0 Å². The molecule has 2 rings (SSSR count). The zero-order valence-electron chi connectivity index (χ0n) is 10.7. The largest absolute Gasteiger partial charge is 0.305 e. The van der Waals surface area contributed by atoms with Crippen molar-refractivity contribution in [1.29, 1.82) is 5.26 Å². The van der Waals surface area contributed by atoms with Crippen LogP contribution in [0, 0.1) is 11.3 Å². The minimum atomic E-state index is 0.722. The molecule has 0 unspecified atom stereocenters. The smallest absolute Gasteiger partial charge is 0.100 e. The topological polar surface area (TPSA) is 30.3 Å². The van der Waals surface area contributed by atoms with Gasteiger partial charge in [-0.3, -0.25) is 4.90 Å². The van der Waals surface area contributed by atoms with Crippen molar-refractivity contribution in [3.05, 3.63) is 33.8 Å². The third-order valence-electron chi connectivity index (χ3n) is 3.37. The van der Waals surface area contributed by atoms with Crippen LogP contribution >= 0.6 is 15.9 Å². The van der Waals surface area contributed by atoms with Gasteiger partial charge in [0.1, 0.15) is 6.07 Å². The second kappa shape index (κ2) is 6.33. The summed E-state index contributed by atoms with van der Waals surface area (Å²) < 4.78 is 0.879. The molecule has 96 valence electrons. The Labute approximate surface area is 117 Å². The summed E-state index contributed by atoms with van der Waals surface area (Å²) in [5, 5.41) is 9.03. The molecule has 1 aliphatic heterocycles. The molecular formula is C14H18BrN3. The molecule has 0 aliphatic carbocycles. The van der Waals surface area contributed by atoms with Gasteiger partial charge in [-0.2, -0.15) is 5.26 Å². The molecule has 1 aliphatic rings. The van der Waals surface area contributed by atoms with Crippen molar-refractivity contribution < 1.29 is 0 Å². The summed E-state index contributed by atoms with van der Waals surface area (Å²) in [4.78, 5) is 4.84. The van der Waals surface area contributed by atoms with E-state index >= 15 is 0 Å². The molecule has 0 amide bonds. The van der Waals surface area contributed by atoms with Crippen LogP contribution in [0.2, 0.25) is 0 Å². The fraction of sp³-hybridized carbons (Fsp3) is 0.500. The van der Waals surface area contributed by atoms with Crippen molar-refractivity contribution in [3.63, 3.8) is 0 Å². The first-order chi connectivity index (χ1) is 8.69.